The summed E-state index contributed by atoms with van der Waals surface area (Å²) in [6.45, 7) is 13.6. The van der Waals surface area contributed by atoms with Gasteiger partial charge < -0.3 is 14.7 Å². The highest BCUT2D eigenvalue weighted by Gasteiger charge is 2.33. The maximum atomic E-state index is 12.1. The maximum absolute atomic E-state index is 12.1. The van der Waals surface area contributed by atoms with Gasteiger partial charge >= 0.3 is 0 Å². The first kappa shape index (κ1) is 21.7. The van der Waals surface area contributed by atoms with Crippen molar-refractivity contribution in [3.05, 3.63) is 29.1 Å². The van der Waals surface area contributed by atoms with Crippen LogP contribution < -0.4 is 0 Å². The summed E-state index contributed by atoms with van der Waals surface area (Å²) in [6.07, 6.45) is 3.08. The molecule has 0 aliphatic carbocycles. The molecule has 1 aliphatic heterocycles. The molecular formula is C20H33N3O3S. The zero-order valence-corrected chi connectivity index (χ0v) is 18.0. The monoisotopic (exact) mass is 395 g/mol. The largest absolute Gasteiger partial charge is 0.492 e. The van der Waals surface area contributed by atoms with Gasteiger partial charge in [0.15, 0.2) is 0 Å². The molecule has 1 atom stereocenters. The van der Waals surface area contributed by atoms with Gasteiger partial charge in [-0.3, -0.25) is 0 Å². The number of nitrogens with one attached hydrogen (secondary N) is 1. The van der Waals surface area contributed by atoms with Crippen LogP contribution in [0.25, 0.3) is 5.76 Å². The first-order chi connectivity index (χ1) is 12.7. The van der Waals surface area contributed by atoms with Gasteiger partial charge in [-0.05, 0) is 56.6 Å². The molecule has 0 aromatic carbocycles. The van der Waals surface area contributed by atoms with Crippen molar-refractivity contribution in [2.75, 3.05) is 25.4 Å². The fourth-order valence-corrected chi connectivity index (χ4v) is 5.46. The van der Waals surface area contributed by atoms with E-state index >= 15 is 0 Å². The molecule has 1 aromatic heterocycles. The van der Waals surface area contributed by atoms with E-state index in [1.54, 1.807) is 11.2 Å². The molecule has 0 radical (unpaired) electrons. The predicted octanol–water partition coefficient (Wildman–Crippen LogP) is 3.50. The van der Waals surface area contributed by atoms with Gasteiger partial charge in [0.1, 0.15) is 5.76 Å². The third-order valence-corrected chi connectivity index (χ3v) is 7.75. The fourth-order valence-electron chi connectivity index (χ4n) is 4.33. The van der Waals surface area contributed by atoms with Gasteiger partial charge in [0.25, 0.3) is 0 Å². The van der Waals surface area contributed by atoms with Crippen LogP contribution in [0.4, 0.5) is 0 Å². The molecule has 2 heterocycles. The number of sulfonamides is 1. The summed E-state index contributed by atoms with van der Waals surface area (Å²) in [5.41, 5.74) is 4.06. The number of hydrogen-bond donors (Lipinski definition) is 1. The van der Waals surface area contributed by atoms with Crippen molar-refractivity contribution in [3.8, 4) is 0 Å². The van der Waals surface area contributed by atoms with E-state index in [1.165, 1.54) is 6.21 Å². The third kappa shape index (κ3) is 4.14. The van der Waals surface area contributed by atoms with Crippen molar-refractivity contribution >= 4 is 22.0 Å². The van der Waals surface area contributed by atoms with Gasteiger partial charge in [-0.25, -0.2) is 12.7 Å². The van der Waals surface area contributed by atoms with Crippen molar-refractivity contribution in [2.45, 2.75) is 46.5 Å². The van der Waals surface area contributed by atoms with Crippen LogP contribution in [-0.2, 0) is 21.8 Å². The minimum Gasteiger partial charge on any atom is -0.492 e. The number of ether oxygens (including phenoxy) is 1. The molecule has 1 saturated heterocycles. The minimum atomic E-state index is -3.11. The Kier molecular flexibility index (Phi) is 6.92. The highest BCUT2D eigenvalue weighted by atomic mass is 32.2. The highest BCUT2D eigenvalue weighted by molar-refractivity contribution is 7.89. The Hall–Kier alpha value is -1.60. The molecule has 0 bridgehead atoms. The van der Waals surface area contributed by atoms with Crippen molar-refractivity contribution in [1.29, 1.82) is 5.41 Å². The first-order valence-electron chi connectivity index (χ1n) is 9.69. The second-order valence-corrected chi connectivity index (χ2v) is 9.52. The maximum Gasteiger partial charge on any atom is 0.213 e. The van der Waals surface area contributed by atoms with Gasteiger partial charge in [0, 0.05) is 26.4 Å². The molecule has 2 rings (SSSR count). The molecule has 7 heteroatoms. The van der Waals surface area contributed by atoms with E-state index in [0.29, 0.717) is 31.4 Å². The molecule has 152 valence electrons. The fraction of sp³-hybridized carbons (Fsp3) is 0.650. The van der Waals surface area contributed by atoms with Crippen LogP contribution in [0, 0.1) is 18.3 Å². The van der Waals surface area contributed by atoms with Crippen LogP contribution in [0.1, 0.15) is 62.0 Å². The third-order valence-electron chi connectivity index (χ3n) is 5.87. The quantitative estimate of drug-likeness (QED) is 0.541. The van der Waals surface area contributed by atoms with Crippen LogP contribution in [0.15, 0.2) is 6.58 Å². The van der Waals surface area contributed by atoms with E-state index in [0.717, 1.165) is 35.4 Å². The zero-order valence-electron chi connectivity index (χ0n) is 17.2. The van der Waals surface area contributed by atoms with Gasteiger partial charge in [0.05, 0.1) is 23.7 Å². The average Bonchev–Trinajstić information content (AvgIpc) is 2.91. The smallest absolute Gasteiger partial charge is 0.213 e. The van der Waals surface area contributed by atoms with Crippen molar-refractivity contribution in [3.63, 3.8) is 0 Å². The second-order valence-electron chi connectivity index (χ2n) is 7.26. The number of aromatic nitrogens is 1. The van der Waals surface area contributed by atoms with E-state index in [2.05, 4.69) is 20.4 Å². The van der Waals surface area contributed by atoms with Gasteiger partial charge in [-0.15, -0.1) is 0 Å². The van der Waals surface area contributed by atoms with Gasteiger partial charge in [-0.1, -0.05) is 13.5 Å². The topological polar surface area (TPSA) is 75.4 Å². The lowest BCUT2D eigenvalue weighted by Gasteiger charge is -2.34. The van der Waals surface area contributed by atoms with E-state index in [-0.39, 0.29) is 11.7 Å². The number of hydrogen-bond acceptors (Lipinski definition) is 4. The zero-order chi connectivity index (χ0) is 20.4. The van der Waals surface area contributed by atoms with Gasteiger partial charge in [-0.2, -0.15) is 0 Å². The van der Waals surface area contributed by atoms with E-state index < -0.39 is 10.0 Å². The molecule has 6 nitrogen and oxygen atoms in total. The molecule has 1 fully saturated rings. The molecule has 0 saturated carbocycles. The molecule has 1 N–H and O–H groups in total. The molecule has 1 aliphatic rings. The molecule has 27 heavy (non-hydrogen) atoms. The molecule has 0 spiro atoms. The Bertz CT molecular complexity index is 803. The summed E-state index contributed by atoms with van der Waals surface area (Å²) < 4.78 is 33.5. The number of piperidine rings is 1. The molecule has 1 unspecified atom stereocenters. The summed E-state index contributed by atoms with van der Waals surface area (Å²) in [4.78, 5) is 0. The Balaban J connectivity index is 2.29. The number of nitrogens with zero attached hydrogens (tertiary/aromatic N) is 2. The summed E-state index contributed by atoms with van der Waals surface area (Å²) in [6, 6.07) is 0. The number of rotatable bonds is 8. The summed E-state index contributed by atoms with van der Waals surface area (Å²) >= 11 is 0. The lowest BCUT2D eigenvalue weighted by Crippen LogP contribution is -2.40. The molecule has 0 amide bonds. The van der Waals surface area contributed by atoms with Crippen molar-refractivity contribution < 1.29 is 13.2 Å². The van der Waals surface area contributed by atoms with E-state index in [1.807, 2.05) is 18.5 Å². The summed E-state index contributed by atoms with van der Waals surface area (Å²) in [5.74, 6) is 1.41. The normalized spacial score (nSPS) is 17.7. The van der Waals surface area contributed by atoms with E-state index in [4.69, 9.17) is 10.1 Å². The molecular weight excluding hydrogens is 362 g/mol. The SMILES string of the molecule is C=C(OCC)c1c(C)c(C(C)C2CCN(S(=O)(=O)CC)CC2)c(C=N)n1C. The average molecular weight is 396 g/mol. The first-order valence-corrected chi connectivity index (χ1v) is 11.3. The standard InChI is InChI=1S/C20H33N3O3S/c1-7-26-16(5)20-15(4)19(18(13-21)22(20)6)14(3)17-9-11-23(12-10-17)27(24,25)8-2/h13-14,17,21H,5,7-12H2,1-4,6H3. The Morgan fingerprint density at radius 3 is 2.44 bits per heavy atom. The Morgan fingerprint density at radius 1 is 1.37 bits per heavy atom. The molecule has 1 aromatic rings. The minimum absolute atomic E-state index is 0.159. The Labute approximate surface area is 163 Å². The van der Waals surface area contributed by atoms with Gasteiger partial charge in [0.2, 0.25) is 10.0 Å². The van der Waals surface area contributed by atoms with Crippen molar-refractivity contribution in [2.24, 2.45) is 13.0 Å². The van der Waals surface area contributed by atoms with Crippen LogP contribution in [0.3, 0.4) is 0 Å². The van der Waals surface area contributed by atoms with Crippen LogP contribution in [0.2, 0.25) is 0 Å². The second kappa shape index (κ2) is 8.61. The van der Waals surface area contributed by atoms with Crippen LogP contribution in [0.5, 0.6) is 0 Å². The lowest BCUT2D eigenvalue weighted by molar-refractivity contribution is 0.250. The van der Waals surface area contributed by atoms with Crippen molar-refractivity contribution in [1.82, 2.24) is 8.87 Å². The lowest BCUT2D eigenvalue weighted by atomic mass is 9.80. The van der Waals surface area contributed by atoms with Crippen LogP contribution >= 0.6 is 0 Å². The highest BCUT2D eigenvalue weighted by Crippen LogP contribution is 2.39. The van der Waals surface area contributed by atoms with Crippen LogP contribution in [-0.4, -0.2) is 49.0 Å². The predicted molar refractivity (Wildman–Crippen MR) is 111 cm³/mol. The Morgan fingerprint density at radius 2 is 1.96 bits per heavy atom. The summed E-state index contributed by atoms with van der Waals surface area (Å²) in [5, 5.41) is 7.92. The van der Waals surface area contributed by atoms with E-state index in [9.17, 15) is 8.42 Å². The summed E-state index contributed by atoms with van der Waals surface area (Å²) in [7, 11) is -1.17.